The number of nitroso groups, excluding NO2 is 1. The Bertz CT molecular complexity index is 277. The first-order chi connectivity index (χ1) is 5.27. The van der Waals surface area contributed by atoms with E-state index >= 15 is 0 Å². The van der Waals surface area contributed by atoms with E-state index in [0.29, 0.717) is 10.7 Å². The van der Waals surface area contributed by atoms with Crippen LogP contribution in [-0.4, -0.2) is 0 Å². The SMILES string of the molecule is NNc1cc(Cl)ccc1N=O. The average molecular weight is 172 g/mol. The molecule has 0 radical (unpaired) electrons. The standard InChI is InChI=1S/C6H6ClN3O/c7-4-1-2-5(10-11)6(3-4)9-8/h1-3,9H,8H2. The van der Waals surface area contributed by atoms with Crippen LogP contribution in [0, 0.1) is 4.91 Å². The lowest BCUT2D eigenvalue weighted by Crippen LogP contribution is -2.06. The summed E-state index contributed by atoms with van der Waals surface area (Å²) in [6.45, 7) is 0. The summed E-state index contributed by atoms with van der Waals surface area (Å²) in [6, 6.07) is 4.59. The number of hydrazine groups is 1. The predicted octanol–water partition coefficient (Wildman–Crippen LogP) is 2.02. The number of benzene rings is 1. The number of nitrogens with zero attached hydrogens (tertiary/aromatic N) is 1. The third-order valence-corrected chi connectivity index (χ3v) is 1.45. The van der Waals surface area contributed by atoms with E-state index in [4.69, 9.17) is 17.4 Å². The molecule has 0 aromatic heterocycles. The lowest BCUT2D eigenvalue weighted by molar-refractivity contribution is 1.33. The Hall–Kier alpha value is -1.13. The second-order valence-electron chi connectivity index (χ2n) is 1.90. The molecule has 3 N–H and O–H groups in total. The fourth-order valence-corrected chi connectivity index (χ4v) is 0.876. The molecule has 0 aliphatic carbocycles. The van der Waals surface area contributed by atoms with Crippen molar-refractivity contribution in [2.75, 3.05) is 5.43 Å². The minimum Gasteiger partial charge on any atom is -0.322 e. The van der Waals surface area contributed by atoms with Crippen molar-refractivity contribution in [3.05, 3.63) is 28.1 Å². The van der Waals surface area contributed by atoms with Gasteiger partial charge in [-0.15, -0.1) is 4.91 Å². The highest BCUT2D eigenvalue weighted by Crippen LogP contribution is 2.26. The Morgan fingerprint density at radius 1 is 1.55 bits per heavy atom. The van der Waals surface area contributed by atoms with Gasteiger partial charge in [0, 0.05) is 5.02 Å². The summed E-state index contributed by atoms with van der Waals surface area (Å²) in [5, 5.41) is 3.24. The van der Waals surface area contributed by atoms with Gasteiger partial charge in [-0.3, -0.25) is 5.84 Å². The van der Waals surface area contributed by atoms with E-state index in [1.54, 1.807) is 6.07 Å². The largest absolute Gasteiger partial charge is 0.322 e. The van der Waals surface area contributed by atoms with Crippen LogP contribution in [0.5, 0.6) is 0 Å². The lowest BCUT2D eigenvalue weighted by atomic mass is 10.3. The molecule has 1 rings (SSSR count). The van der Waals surface area contributed by atoms with Crippen LogP contribution in [0.15, 0.2) is 23.4 Å². The van der Waals surface area contributed by atoms with Crippen LogP contribution in [-0.2, 0) is 0 Å². The number of anilines is 1. The molecule has 0 fully saturated rings. The monoisotopic (exact) mass is 171 g/mol. The molecule has 0 atom stereocenters. The second-order valence-corrected chi connectivity index (χ2v) is 2.33. The molecule has 0 bridgehead atoms. The highest BCUT2D eigenvalue weighted by atomic mass is 35.5. The molecule has 11 heavy (non-hydrogen) atoms. The van der Waals surface area contributed by atoms with Gasteiger partial charge in [0.15, 0.2) is 0 Å². The maximum atomic E-state index is 10.1. The first-order valence-corrected chi connectivity index (χ1v) is 3.25. The molecule has 58 valence electrons. The zero-order chi connectivity index (χ0) is 8.27. The number of rotatable bonds is 2. The smallest absolute Gasteiger partial charge is 0.132 e. The highest BCUT2D eigenvalue weighted by Gasteiger charge is 2.00. The van der Waals surface area contributed by atoms with E-state index < -0.39 is 0 Å². The number of halogens is 1. The Balaban J connectivity index is 3.16. The molecule has 1 aromatic carbocycles. The van der Waals surface area contributed by atoms with E-state index in [0.717, 1.165) is 0 Å². The predicted molar refractivity (Wildman–Crippen MR) is 44.7 cm³/mol. The van der Waals surface area contributed by atoms with Crippen molar-refractivity contribution in [1.29, 1.82) is 0 Å². The van der Waals surface area contributed by atoms with E-state index in [9.17, 15) is 4.91 Å². The molecule has 0 unspecified atom stereocenters. The van der Waals surface area contributed by atoms with Crippen LogP contribution in [0.1, 0.15) is 0 Å². The van der Waals surface area contributed by atoms with Gasteiger partial charge >= 0.3 is 0 Å². The summed E-state index contributed by atoms with van der Waals surface area (Å²) in [4.78, 5) is 10.1. The van der Waals surface area contributed by atoms with Crippen LogP contribution in [0.3, 0.4) is 0 Å². The van der Waals surface area contributed by atoms with Crippen molar-refractivity contribution in [3.8, 4) is 0 Å². The molecular weight excluding hydrogens is 166 g/mol. The van der Waals surface area contributed by atoms with Crippen LogP contribution in [0.4, 0.5) is 11.4 Å². The van der Waals surface area contributed by atoms with Gasteiger partial charge in [-0.1, -0.05) is 11.6 Å². The number of nitrogens with one attached hydrogen (secondary N) is 1. The van der Waals surface area contributed by atoms with Gasteiger partial charge in [0.1, 0.15) is 5.69 Å². The van der Waals surface area contributed by atoms with Crippen LogP contribution >= 0.6 is 11.6 Å². The molecule has 5 heteroatoms. The minimum atomic E-state index is 0.247. The number of nitrogen functional groups attached to an aromatic ring is 1. The minimum absolute atomic E-state index is 0.247. The normalized spacial score (nSPS) is 9.27. The van der Waals surface area contributed by atoms with Crippen molar-refractivity contribution >= 4 is 23.0 Å². The molecule has 4 nitrogen and oxygen atoms in total. The number of hydrogen-bond acceptors (Lipinski definition) is 4. The quantitative estimate of drug-likeness (QED) is 0.406. The van der Waals surface area contributed by atoms with Crippen molar-refractivity contribution in [2.45, 2.75) is 0 Å². The topological polar surface area (TPSA) is 67.5 Å². The van der Waals surface area contributed by atoms with Gasteiger partial charge in [-0.2, -0.15) is 0 Å². The molecule has 0 amide bonds. The van der Waals surface area contributed by atoms with E-state index in [1.807, 2.05) is 0 Å². The Morgan fingerprint density at radius 2 is 2.27 bits per heavy atom. The van der Waals surface area contributed by atoms with Gasteiger partial charge in [0.05, 0.1) is 5.69 Å². The molecule has 0 spiro atoms. The van der Waals surface area contributed by atoms with Gasteiger partial charge in [-0.05, 0) is 23.4 Å². The number of nitrogens with two attached hydrogens (primary N) is 1. The Morgan fingerprint density at radius 3 is 2.82 bits per heavy atom. The Labute approximate surface area is 68.3 Å². The van der Waals surface area contributed by atoms with Gasteiger partial charge in [0.25, 0.3) is 0 Å². The van der Waals surface area contributed by atoms with Crippen LogP contribution < -0.4 is 11.3 Å². The molecule has 0 saturated carbocycles. The van der Waals surface area contributed by atoms with Crippen molar-refractivity contribution in [2.24, 2.45) is 11.0 Å². The molecular formula is C6H6ClN3O. The molecule has 0 aliphatic rings. The molecule has 0 saturated heterocycles. The maximum absolute atomic E-state index is 10.1. The van der Waals surface area contributed by atoms with Gasteiger partial charge < -0.3 is 5.43 Å². The van der Waals surface area contributed by atoms with Crippen molar-refractivity contribution in [3.63, 3.8) is 0 Å². The average Bonchev–Trinajstić information content (AvgIpc) is 2.04. The van der Waals surface area contributed by atoms with Crippen LogP contribution in [0.25, 0.3) is 0 Å². The third-order valence-electron chi connectivity index (χ3n) is 1.21. The molecule has 1 aromatic rings. The number of hydrogen-bond donors (Lipinski definition) is 2. The first kappa shape index (κ1) is 7.97. The molecule has 0 aliphatic heterocycles. The summed E-state index contributed by atoms with van der Waals surface area (Å²) in [5.74, 6) is 5.09. The zero-order valence-corrected chi connectivity index (χ0v) is 6.30. The zero-order valence-electron chi connectivity index (χ0n) is 5.54. The highest BCUT2D eigenvalue weighted by molar-refractivity contribution is 6.31. The van der Waals surface area contributed by atoms with Gasteiger partial charge in [0.2, 0.25) is 0 Å². The third kappa shape index (κ3) is 1.66. The first-order valence-electron chi connectivity index (χ1n) is 2.87. The summed E-state index contributed by atoms with van der Waals surface area (Å²) in [7, 11) is 0. The van der Waals surface area contributed by atoms with Gasteiger partial charge in [-0.25, -0.2) is 0 Å². The van der Waals surface area contributed by atoms with Crippen molar-refractivity contribution in [1.82, 2.24) is 0 Å². The summed E-state index contributed by atoms with van der Waals surface area (Å²) >= 11 is 5.61. The summed E-state index contributed by atoms with van der Waals surface area (Å²) < 4.78 is 0. The summed E-state index contributed by atoms with van der Waals surface area (Å²) in [5.41, 5.74) is 2.98. The maximum Gasteiger partial charge on any atom is 0.132 e. The fraction of sp³-hybridized carbons (Fsp3) is 0. The second kappa shape index (κ2) is 3.32. The van der Waals surface area contributed by atoms with Crippen LogP contribution in [0.2, 0.25) is 5.02 Å². The van der Waals surface area contributed by atoms with Crippen molar-refractivity contribution < 1.29 is 0 Å². The van der Waals surface area contributed by atoms with E-state index in [-0.39, 0.29) is 5.69 Å². The Kier molecular flexibility index (Phi) is 2.40. The molecule has 0 heterocycles. The fourth-order valence-electron chi connectivity index (χ4n) is 0.703. The summed E-state index contributed by atoms with van der Waals surface area (Å²) in [6.07, 6.45) is 0. The lowest BCUT2D eigenvalue weighted by Gasteiger charge is -2.01. The van der Waals surface area contributed by atoms with E-state index in [2.05, 4.69) is 10.6 Å². The van der Waals surface area contributed by atoms with E-state index in [1.165, 1.54) is 12.1 Å².